The van der Waals surface area contributed by atoms with Gasteiger partial charge < -0.3 is 10.6 Å². The molecule has 0 saturated carbocycles. The molecule has 0 heterocycles. The van der Waals surface area contributed by atoms with Crippen LogP contribution in [0, 0.1) is 0 Å². The van der Waals surface area contributed by atoms with E-state index in [1.54, 1.807) is 31.3 Å². The lowest BCUT2D eigenvalue weighted by molar-refractivity contribution is 0.0963. The summed E-state index contributed by atoms with van der Waals surface area (Å²) >= 11 is 12.0. The first-order chi connectivity index (χ1) is 9.60. The number of hydrogen-bond acceptors (Lipinski definition) is 2. The highest BCUT2D eigenvalue weighted by atomic mass is 35.5. The average molecular weight is 309 g/mol. The smallest absolute Gasteiger partial charge is 0.251 e. The molecule has 5 heteroatoms. The number of carbonyl (C=O) groups excluding carboxylic acids is 1. The number of carbonyl (C=O) groups is 1. The SMILES string of the molecule is CNC(=O)c1ccc(NCc2ccc(Cl)cc2Cl)cc1. The quantitative estimate of drug-likeness (QED) is 0.897. The molecular formula is C15H14Cl2N2O. The Morgan fingerprint density at radius 3 is 2.40 bits per heavy atom. The summed E-state index contributed by atoms with van der Waals surface area (Å²) in [5, 5.41) is 7.08. The van der Waals surface area contributed by atoms with E-state index in [0.717, 1.165) is 11.3 Å². The van der Waals surface area contributed by atoms with E-state index in [2.05, 4.69) is 10.6 Å². The Morgan fingerprint density at radius 1 is 1.10 bits per heavy atom. The van der Waals surface area contributed by atoms with Gasteiger partial charge in [-0.3, -0.25) is 4.79 Å². The highest BCUT2D eigenvalue weighted by molar-refractivity contribution is 6.35. The fourth-order valence-electron chi connectivity index (χ4n) is 1.75. The van der Waals surface area contributed by atoms with Crippen LogP contribution >= 0.6 is 23.2 Å². The lowest BCUT2D eigenvalue weighted by atomic mass is 10.2. The van der Waals surface area contributed by atoms with Gasteiger partial charge in [-0.15, -0.1) is 0 Å². The zero-order valence-corrected chi connectivity index (χ0v) is 12.4. The van der Waals surface area contributed by atoms with E-state index in [1.165, 1.54) is 0 Å². The van der Waals surface area contributed by atoms with Crippen LogP contribution in [0.5, 0.6) is 0 Å². The summed E-state index contributed by atoms with van der Waals surface area (Å²) in [7, 11) is 1.61. The fraction of sp³-hybridized carbons (Fsp3) is 0.133. The third-order valence-corrected chi connectivity index (χ3v) is 3.46. The van der Waals surface area contributed by atoms with Gasteiger partial charge in [-0.25, -0.2) is 0 Å². The summed E-state index contributed by atoms with van der Waals surface area (Å²) in [6.45, 7) is 0.593. The Morgan fingerprint density at radius 2 is 1.80 bits per heavy atom. The molecule has 3 nitrogen and oxygen atoms in total. The number of anilines is 1. The minimum absolute atomic E-state index is 0.0997. The second-order valence-corrected chi connectivity index (χ2v) is 5.09. The Bertz CT molecular complexity index is 612. The van der Waals surface area contributed by atoms with Gasteiger partial charge >= 0.3 is 0 Å². The van der Waals surface area contributed by atoms with Crippen LogP contribution in [-0.4, -0.2) is 13.0 Å². The van der Waals surface area contributed by atoms with Gasteiger partial charge in [0.05, 0.1) is 0 Å². The topological polar surface area (TPSA) is 41.1 Å². The van der Waals surface area contributed by atoms with Gasteiger partial charge in [0.2, 0.25) is 0 Å². The molecule has 2 aromatic rings. The molecule has 104 valence electrons. The van der Waals surface area contributed by atoms with Crippen molar-refractivity contribution < 1.29 is 4.79 Å². The first kappa shape index (κ1) is 14.7. The van der Waals surface area contributed by atoms with Crippen LogP contribution < -0.4 is 10.6 Å². The maximum Gasteiger partial charge on any atom is 0.251 e. The lowest BCUT2D eigenvalue weighted by Gasteiger charge is -2.09. The molecule has 1 amide bonds. The summed E-state index contributed by atoms with van der Waals surface area (Å²) < 4.78 is 0. The molecule has 0 aliphatic rings. The van der Waals surface area contributed by atoms with Crippen molar-refractivity contribution in [1.82, 2.24) is 5.32 Å². The van der Waals surface area contributed by atoms with E-state index in [9.17, 15) is 4.79 Å². The van der Waals surface area contributed by atoms with E-state index in [0.29, 0.717) is 22.2 Å². The van der Waals surface area contributed by atoms with Gasteiger partial charge in [-0.05, 0) is 42.0 Å². The van der Waals surface area contributed by atoms with Crippen molar-refractivity contribution >= 4 is 34.8 Å². The van der Waals surface area contributed by atoms with Crippen LogP contribution in [0.2, 0.25) is 10.0 Å². The normalized spacial score (nSPS) is 10.2. The number of hydrogen-bond donors (Lipinski definition) is 2. The molecule has 0 aliphatic carbocycles. The summed E-state index contributed by atoms with van der Waals surface area (Å²) in [5.74, 6) is -0.0997. The monoisotopic (exact) mass is 308 g/mol. The van der Waals surface area contributed by atoms with Crippen LogP contribution in [0.25, 0.3) is 0 Å². The number of halogens is 2. The lowest BCUT2D eigenvalue weighted by Crippen LogP contribution is -2.17. The van der Waals surface area contributed by atoms with Gasteiger partial charge in [0, 0.05) is 34.9 Å². The summed E-state index contributed by atoms with van der Waals surface area (Å²) in [5.41, 5.74) is 2.51. The fourth-order valence-corrected chi connectivity index (χ4v) is 2.22. The number of rotatable bonds is 4. The molecule has 0 radical (unpaired) electrons. The molecule has 0 atom stereocenters. The van der Waals surface area contributed by atoms with E-state index >= 15 is 0 Å². The van der Waals surface area contributed by atoms with Crippen LogP contribution in [0.15, 0.2) is 42.5 Å². The summed E-state index contributed by atoms with van der Waals surface area (Å²) in [4.78, 5) is 11.4. The highest BCUT2D eigenvalue weighted by Gasteiger charge is 2.03. The zero-order chi connectivity index (χ0) is 14.5. The van der Waals surface area contributed by atoms with Gasteiger partial charge in [-0.1, -0.05) is 29.3 Å². The second-order valence-electron chi connectivity index (χ2n) is 4.25. The molecular weight excluding hydrogens is 295 g/mol. The van der Waals surface area contributed by atoms with Crippen LogP contribution in [0.4, 0.5) is 5.69 Å². The molecule has 0 unspecified atom stereocenters. The predicted octanol–water partition coefficient (Wildman–Crippen LogP) is 3.97. The van der Waals surface area contributed by atoms with Crippen molar-refractivity contribution in [3.8, 4) is 0 Å². The van der Waals surface area contributed by atoms with Gasteiger partial charge in [-0.2, -0.15) is 0 Å². The van der Waals surface area contributed by atoms with Crippen LogP contribution in [0.3, 0.4) is 0 Å². The largest absolute Gasteiger partial charge is 0.381 e. The molecule has 2 aromatic carbocycles. The van der Waals surface area contributed by atoms with E-state index in [4.69, 9.17) is 23.2 Å². The average Bonchev–Trinajstić information content (AvgIpc) is 2.46. The summed E-state index contributed by atoms with van der Waals surface area (Å²) in [6, 6.07) is 12.7. The Labute approximate surface area is 127 Å². The molecule has 2 rings (SSSR count). The molecule has 0 saturated heterocycles. The third kappa shape index (κ3) is 3.65. The van der Waals surface area contributed by atoms with Crippen molar-refractivity contribution in [3.63, 3.8) is 0 Å². The third-order valence-electron chi connectivity index (χ3n) is 2.87. The predicted molar refractivity (Wildman–Crippen MR) is 83.6 cm³/mol. The van der Waals surface area contributed by atoms with Crippen LogP contribution in [0.1, 0.15) is 15.9 Å². The molecule has 0 aromatic heterocycles. The van der Waals surface area contributed by atoms with Crippen molar-refractivity contribution in [2.75, 3.05) is 12.4 Å². The number of benzene rings is 2. The van der Waals surface area contributed by atoms with E-state index in [-0.39, 0.29) is 5.91 Å². The van der Waals surface area contributed by atoms with Crippen molar-refractivity contribution in [2.45, 2.75) is 6.54 Å². The molecule has 0 spiro atoms. The molecule has 2 N–H and O–H groups in total. The standard InChI is InChI=1S/C15H14Cl2N2O/c1-18-15(20)10-3-6-13(7-4-10)19-9-11-2-5-12(16)8-14(11)17/h2-8,19H,9H2,1H3,(H,18,20). The number of nitrogens with one attached hydrogen (secondary N) is 2. The first-order valence-electron chi connectivity index (χ1n) is 6.10. The maximum absolute atomic E-state index is 11.4. The first-order valence-corrected chi connectivity index (χ1v) is 6.85. The second kappa shape index (κ2) is 6.64. The Balaban J connectivity index is 2.02. The van der Waals surface area contributed by atoms with E-state index in [1.807, 2.05) is 18.2 Å². The molecule has 0 fully saturated rings. The minimum atomic E-state index is -0.0997. The maximum atomic E-state index is 11.4. The van der Waals surface area contributed by atoms with Crippen LogP contribution in [-0.2, 0) is 6.54 Å². The number of amides is 1. The Hall–Kier alpha value is -1.71. The summed E-state index contributed by atoms with van der Waals surface area (Å²) in [6.07, 6.45) is 0. The van der Waals surface area contributed by atoms with Gasteiger partial charge in [0.15, 0.2) is 0 Å². The van der Waals surface area contributed by atoms with Crippen molar-refractivity contribution in [2.24, 2.45) is 0 Å². The minimum Gasteiger partial charge on any atom is -0.381 e. The van der Waals surface area contributed by atoms with Crippen molar-refractivity contribution in [1.29, 1.82) is 0 Å². The highest BCUT2D eigenvalue weighted by Crippen LogP contribution is 2.22. The van der Waals surface area contributed by atoms with Crippen molar-refractivity contribution in [3.05, 3.63) is 63.6 Å². The molecule has 0 aliphatic heterocycles. The van der Waals surface area contributed by atoms with Gasteiger partial charge in [0.1, 0.15) is 0 Å². The van der Waals surface area contributed by atoms with Gasteiger partial charge in [0.25, 0.3) is 5.91 Å². The zero-order valence-electron chi connectivity index (χ0n) is 10.9. The molecule has 0 bridgehead atoms. The van der Waals surface area contributed by atoms with E-state index < -0.39 is 0 Å². The molecule has 20 heavy (non-hydrogen) atoms. The Kier molecular flexibility index (Phi) is 4.88.